The van der Waals surface area contributed by atoms with Gasteiger partial charge in [-0.25, -0.2) is 0 Å². The van der Waals surface area contributed by atoms with Gasteiger partial charge >= 0.3 is 0 Å². The van der Waals surface area contributed by atoms with E-state index in [0.717, 1.165) is 21.9 Å². The predicted octanol–water partition coefficient (Wildman–Crippen LogP) is 3.44. The molecule has 100 valence electrons. The molecule has 1 aromatic heterocycles. The number of hydrogen-bond acceptors (Lipinski definition) is 3. The summed E-state index contributed by atoms with van der Waals surface area (Å²) in [5.41, 5.74) is 2.21. The van der Waals surface area contributed by atoms with Crippen LogP contribution >= 0.6 is 11.6 Å². The van der Waals surface area contributed by atoms with E-state index in [2.05, 4.69) is 10.3 Å². The van der Waals surface area contributed by atoms with Crippen molar-refractivity contribution in [3.8, 4) is 5.75 Å². The highest BCUT2D eigenvalue weighted by molar-refractivity contribution is 6.30. The van der Waals surface area contributed by atoms with Gasteiger partial charge in [-0.1, -0.05) is 23.7 Å². The third-order valence-electron chi connectivity index (χ3n) is 2.87. The van der Waals surface area contributed by atoms with E-state index in [0.29, 0.717) is 6.61 Å². The molecule has 1 unspecified atom stereocenters. The lowest BCUT2D eigenvalue weighted by Gasteiger charge is -2.17. The van der Waals surface area contributed by atoms with Gasteiger partial charge in [0.2, 0.25) is 0 Å². The maximum atomic E-state index is 5.92. The molecule has 0 radical (unpaired) electrons. The lowest BCUT2D eigenvalue weighted by atomic mass is 10.0. The molecule has 0 saturated carbocycles. The van der Waals surface area contributed by atoms with Crippen LogP contribution in [0.15, 0.2) is 42.7 Å². The van der Waals surface area contributed by atoms with Crippen LogP contribution in [0.25, 0.3) is 0 Å². The number of hydrogen-bond donors (Lipinski definition) is 1. The van der Waals surface area contributed by atoms with Crippen molar-refractivity contribution >= 4 is 11.6 Å². The zero-order valence-electron chi connectivity index (χ0n) is 11.1. The monoisotopic (exact) mass is 276 g/mol. The van der Waals surface area contributed by atoms with Crippen molar-refractivity contribution in [3.05, 3.63) is 58.9 Å². The van der Waals surface area contributed by atoms with Crippen LogP contribution in [0.2, 0.25) is 5.02 Å². The predicted molar refractivity (Wildman–Crippen MR) is 77.8 cm³/mol. The van der Waals surface area contributed by atoms with Gasteiger partial charge in [-0.05, 0) is 43.3 Å². The first-order valence-electron chi connectivity index (χ1n) is 6.25. The molecular weight excluding hydrogens is 260 g/mol. The fourth-order valence-corrected chi connectivity index (χ4v) is 2.15. The van der Waals surface area contributed by atoms with E-state index in [9.17, 15) is 0 Å². The normalized spacial score (nSPS) is 12.2. The number of benzene rings is 1. The van der Waals surface area contributed by atoms with Crippen molar-refractivity contribution in [1.82, 2.24) is 10.3 Å². The SMILES string of the molecule is CCOc1cncc(C(NC)c2ccc(Cl)cc2)c1. The zero-order valence-corrected chi connectivity index (χ0v) is 11.8. The summed E-state index contributed by atoms with van der Waals surface area (Å²) in [6, 6.07) is 9.88. The Hall–Kier alpha value is -1.58. The van der Waals surface area contributed by atoms with Crippen LogP contribution in [0.5, 0.6) is 5.75 Å². The lowest BCUT2D eigenvalue weighted by Crippen LogP contribution is -2.17. The van der Waals surface area contributed by atoms with Crippen LogP contribution in [0.4, 0.5) is 0 Å². The second kappa shape index (κ2) is 6.55. The largest absolute Gasteiger partial charge is 0.492 e. The maximum Gasteiger partial charge on any atom is 0.137 e. The molecule has 0 aliphatic heterocycles. The van der Waals surface area contributed by atoms with Gasteiger partial charge in [0, 0.05) is 11.2 Å². The Morgan fingerprint density at radius 1 is 1.21 bits per heavy atom. The molecular formula is C15H17ClN2O. The number of rotatable bonds is 5. The average molecular weight is 277 g/mol. The molecule has 1 N–H and O–H groups in total. The summed E-state index contributed by atoms with van der Waals surface area (Å²) < 4.78 is 5.48. The Bertz CT molecular complexity index is 528. The van der Waals surface area contributed by atoms with Gasteiger partial charge in [0.05, 0.1) is 18.8 Å². The third-order valence-corrected chi connectivity index (χ3v) is 3.12. The van der Waals surface area contributed by atoms with Crippen molar-refractivity contribution in [2.45, 2.75) is 13.0 Å². The molecule has 0 aliphatic rings. The summed E-state index contributed by atoms with van der Waals surface area (Å²) in [5, 5.41) is 4.02. The van der Waals surface area contributed by atoms with Gasteiger partial charge < -0.3 is 10.1 Å². The van der Waals surface area contributed by atoms with Crippen LogP contribution in [-0.2, 0) is 0 Å². The molecule has 1 atom stereocenters. The highest BCUT2D eigenvalue weighted by atomic mass is 35.5. The Morgan fingerprint density at radius 3 is 2.58 bits per heavy atom. The summed E-state index contributed by atoms with van der Waals surface area (Å²) in [6.07, 6.45) is 3.57. The minimum Gasteiger partial charge on any atom is -0.492 e. The standard InChI is InChI=1S/C15H17ClN2O/c1-3-19-14-8-12(9-18-10-14)15(17-2)11-4-6-13(16)7-5-11/h4-10,15,17H,3H2,1-2H3. The van der Waals surface area contributed by atoms with E-state index < -0.39 is 0 Å². The van der Waals surface area contributed by atoms with Gasteiger partial charge in [0.25, 0.3) is 0 Å². The Morgan fingerprint density at radius 2 is 1.95 bits per heavy atom. The molecule has 2 aromatic rings. The Labute approximate surface area is 118 Å². The average Bonchev–Trinajstić information content (AvgIpc) is 2.43. The van der Waals surface area contributed by atoms with Crippen LogP contribution in [-0.4, -0.2) is 18.6 Å². The fourth-order valence-electron chi connectivity index (χ4n) is 2.02. The van der Waals surface area contributed by atoms with Crippen LogP contribution in [0.3, 0.4) is 0 Å². The molecule has 0 amide bonds. The molecule has 1 heterocycles. The molecule has 2 rings (SSSR count). The van der Waals surface area contributed by atoms with Crippen molar-refractivity contribution in [3.63, 3.8) is 0 Å². The van der Waals surface area contributed by atoms with E-state index in [-0.39, 0.29) is 6.04 Å². The second-order valence-electron chi connectivity index (χ2n) is 4.16. The van der Waals surface area contributed by atoms with Crippen molar-refractivity contribution in [2.75, 3.05) is 13.7 Å². The van der Waals surface area contributed by atoms with E-state index in [1.54, 1.807) is 6.20 Å². The molecule has 0 spiro atoms. The van der Waals surface area contributed by atoms with Crippen molar-refractivity contribution in [1.29, 1.82) is 0 Å². The first kappa shape index (κ1) is 13.8. The topological polar surface area (TPSA) is 34.1 Å². The highest BCUT2D eigenvalue weighted by Gasteiger charge is 2.13. The number of halogens is 1. The van der Waals surface area contributed by atoms with Gasteiger partial charge in [-0.2, -0.15) is 0 Å². The van der Waals surface area contributed by atoms with E-state index in [4.69, 9.17) is 16.3 Å². The molecule has 0 saturated heterocycles. The number of pyridine rings is 1. The van der Waals surface area contributed by atoms with Crippen LogP contribution in [0, 0.1) is 0 Å². The molecule has 0 fully saturated rings. The molecule has 0 aliphatic carbocycles. The molecule has 3 nitrogen and oxygen atoms in total. The number of nitrogens with zero attached hydrogens (tertiary/aromatic N) is 1. The fraction of sp³-hybridized carbons (Fsp3) is 0.267. The summed E-state index contributed by atoms with van der Waals surface area (Å²) in [6.45, 7) is 2.59. The number of nitrogens with one attached hydrogen (secondary N) is 1. The lowest BCUT2D eigenvalue weighted by molar-refractivity contribution is 0.338. The first-order valence-corrected chi connectivity index (χ1v) is 6.63. The second-order valence-corrected chi connectivity index (χ2v) is 4.60. The highest BCUT2D eigenvalue weighted by Crippen LogP contribution is 2.25. The minimum atomic E-state index is 0.0742. The Kier molecular flexibility index (Phi) is 4.77. The van der Waals surface area contributed by atoms with E-state index in [1.165, 1.54) is 0 Å². The molecule has 4 heteroatoms. The van der Waals surface area contributed by atoms with Gasteiger partial charge in [-0.3, -0.25) is 4.98 Å². The smallest absolute Gasteiger partial charge is 0.137 e. The van der Waals surface area contributed by atoms with E-state index in [1.807, 2.05) is 50.5 Å². The number of ether oxygens (including phenoxy) is 1. The molecule has 0 bridgehead atoms. The minimum absolute atomic E-state index is 0.0742. The van der Waals surface area contributed by atoms with Crippen LogP contribution < -0.4 is 10.1 Å². The Balaban J connectivity index is 2.30. The molecule has 1 aromatic carbocycles. The van der Waals surface area contributed by atoms with Gasteiger partial charge in [0.15, 0.2) is 0 Å². The first-order chi connectivity index (χ1) is 9.24. The number of aromatic nitrogens is 1. The van der Waals surface area contributed by atoms with Crippen LogP contribution in [0.1, 0.15) is 24.1 Å². The van der Waals surface area contributed by atoms with Crippen molar-refractivity contribution < 1.29 is 4.74 Å². The summed E-state index contributed by atoms with van der Waals surface area (Å²) in [4.78, 5) is 4.22. The zero-order chi connectivity index (χ0) is 13.7. The van der Waals surface area contributed by atoms with Gasteiger partial charge in [0.1, 0.15) is 5.75 Å². The summed E-state index contributed by atoms with van der Waals surface area (Å²) in [5.74, 6) is 0.786. The molecule has 19 heavy (non-hydrogen) atoms. The van der Waals surface area contributed by atoms with Crippen molar-refractivity contribution in [2.24, 2.45) is 0 Å². The quantitative estimate of drug-likeness (QED) is 0.908. The van der Waals surface area contributed by atoms with E-state index >= 15 is 0 Å². The van der Waals surface area contributed by atoms with Gasteiger partial charge in [-0.15, -0.1) is 0 Å². The summed E-state index contributed by atoms with van der Waals surface area (Å²) >= 11 is 5.92. The summed E-state index contributed by atoms with van der Waals surface area (Å²) in [7, 11) is 1.92. The third kappa shape index (κ3) is 3.46. The maximum absolute atomic E-state index is 5.92.